The highest BCUT2D eigenvalue weighted by Gasteiger charge is 2.14. The third-order valence-corrected chi connectivity index (χ3v) is 2.85. The van der Waals surface area contributed by atoms with Gasteiger partial charge < -0.3 is 15.8 Å². The van der Waals surface area contributed by atoms with Gasteiger partial charge in [0.25, 0.3) is 0 Å². The van der Waals surface area contributed by atoms with Gasteiger partial charge in [0, 0.05) is 19.4 Å². The third-order valence-electron chi connectivity index (χ3n) is 2.85. The SMILES string of the molecule is COCCC(N)C(=O)Nc1ccc(-n2cncn2)c(F)c1. The first-order chi connectivity index (χ1) is 10.1. The van der Waals surface area contributed by atoms with E-state index < -0.39 is 11.9 Å². The monoisotopic (exact) mass is 293 g/mol. The molecule has 0 aliphatic carbocycles. The van der Waals surface area contributed by atoms with Crippen molar-refractivity contribution in [2.24, 2.45) is 5.73 Å². The Kier molecular flexibility index (Phi) is 4.96. The van der Waals surface area contributed by atoms with Gasteiger partial charge in [-0.2, -0.15) is 5.10 Å². The summed E-state index contributed by atoms with van der Waals surface area (Å²) in [6.45, 7) is 0.383. The zero-order valence-corrected chi connectivity index (χ0v) is 11.5. The molecular weight excluding hydrogens is 277 g/mol. The highest BCUT2D eigenvalue weighted by atomic mass is 19.1. The number of methoxy groups -OCH3 is 1. The number of aromatic nitrogens is 3. The molecule has 0 aliphatic heterocycles. The number of amides is 1. The molecule has 1 aromatic heterocycles. The fourth-order valence-corrected chi connectivity index (χ4v) is 1.71. The molecule has 1 amide bonds. The molecule has 1 atom stereocenters. The van der Waals surface area contributed by atoms with Gasteiger partial charge in [-0.1, -0.05) is 0 Å². The second kappa shape index (κ2) is 6.91. The van der Waals surface area contributed by atoms with E-state index in [-0.39, 0.29) is 11.6 Å². The zero-order valence-electron chi connectivity index (χ0n) is 11.5. The molecule has 0 saturated carbocycles. The summed E-state index contributed by atoms with van der Waals surface area (Å²) in [4.78, 5) is 15.6. The first kappa shape index (κ1) is 15.1. The summed E-state index contributed by atoms with van der Waals surface area (Å²) in [5.41, 5.74) is 6.26. The lowest BCUT2D eigenvalue weighted by Crippen LogP contribution is -2.36. The van der Waals surface area contributed by atoms with E-state index in [4.69, 9.17) is 10.5 Å². The van der Waals surface area contributed by atoms with Crippen molar-refractivity contribution in [1.29, 1.82) is 0 Å². The number of halogens is 1. The standard InChI is InChI=1S/C13H16FN5O2/c1-21-5-4-11(15)13(20)18-9-2-3-12(10(14)6-9)19-8-16-7-17-19/h2-3,6-8,11H,4-5,15H2,1H3,(H,18,20). The molecule has 112 valence electrons. The van der Waals surface area contributed by atoms with Gasteiger partial charge >= 0.3 is 0 Å². The molecule has 0 radical (unpaired) electrons. The Labute approximate surface area is 120 Å². The molecule has 7 nitrogen and oxygen atoms in total. The van der Waals surface area contributed by atoms with Crippen LogP contribution < -0.4 is 11.1 Å². The van der Waals surface area contributed by atoms with Crippen LogP contribution in [0.2, 0.25) is 0 Å². The van der Waals surface area contributed by atoms with Crippen LogP contribution in [0.25, 0.3) is 5.69 Å². The molecule has 0 saturated heterocycles. The van der Waals surface area contributed by atoms with Crippen molar-refractivity contribution in [3.05, 3.63) is 36.7 Å². The highest BCUT2D eigenvalue weighted by Crippen LogP contribution is 2.17. The number of benzene rings is 1. The highest BCUT2D eigenvalue weighted by molar-refractivity contribution is 5.94. The Morgan fingerprint density at radius 3 is 3.00 bits per heavy atom. The smallest absolute Gasteiger partial charge is 0.241 e. The Balaban J connectivity index is 2.05. The lowest BCUT2D eigenvalue weighted by atomic mass is 10.2. The number of nitrogens with one attached hydrogen (secondary N) is 1. The van der Waals surface area contributed by atoms with Gasteiger partial charge in [0.15, 0.2) is 5.82 Å². The van der Waals surface area contributed by atoms with Crippen LogP contribution in [0.5, 0.6) is 0 Å². The Morgan fingerprint density at radius 1 is 1.57 bits per heavy atom. The molecule has 1 heterocycles. The minimum atomic E-state index is -0.706. The summed E-state index contributed by atoms with van der Waals surface area (Å²) >= 11 is 0. The number of hydrogen-bond acceptors (Lipinski definition) is 5. The van der Waals surface area contributed by atoms with E-state index >= 15 is 0 Å². The van der Waals surface area contributed by atoms with Gasteiger partial charge in [0.1, 0.15) is 18.3 Å². The van der Waals surface area contributed by atoms with Gasteiger partial charge in [0.05, 0.1) is 6.04 Å². The van der Waals surface area contributed by atoms with Crippen molar-refractivity contribution in [1.82, 2.24) is 14.8 Å². The largest absolute Gasteiger partial charge is 0.385 e. The van der Waals surface area contributed by atoms with Crippen molar-refractivity contribution in [3.63, 3.8) is 0 Å². The Hall–Kier alpha value is -2.32. The fraction of sp³-hybridized carbons (Fsp3) is 0.308. The van der Waals surface area contributed by atoms with E-state index in [1.807, 2.05) is 0 Å². The second-order valence-corrected chi connectivity index (χ2v) is 4.38. The average Bonchev–Trinajstić information content (AvgIpc) is 2.98. The first-order valence-corrected chi connectivity index (χ1v) is 6.31. The maximum atomic E-state index is 14.0. The van der Waals surface area contributed by atoms with Gasteiger partial charge in [-0.15, -0.1) is 0 Å². The van der Waals surface area contributed by atoms with Crippen molar-refractivity contribution < 1.29 is 13.9 Å². The Morgan fingerprint density at radius 2 is 2.38 bits per heavy atom. The summed E-state index contributed by atoms with van der Waals surface area (Å²) in [6, 6.07) is 3.57. The number of hydrogen-bond donors (Lipinski definition) is 2. The quantitative estimate of drug-likeness (QED) is 0.818. The summed E-state index contributed by atoms with van der Waals surface area (Å²) in [6.07, 6.45) is 3.09. The topological polar surface area (TPSA) is 95.1 Å². The molecule has 3 N–H and O–H groups in total. The number of anilines is 1. The number of nitrogens with zero attached hydrogens (tertiary/aromatic N) is 3. The van der Waals surface area contributed by atoms with Crippen LogP contribution in [0.4, 0.5) is 10.1 Å². The van der Waals surface area contributed by atoms with Crippen molar-refractivity contribution in [2.45, 2.75) is 12.5 Å². The van der Waals surface area contributed by atoms with Crippen molar-refractivity contribution in [3.8, 4) is 5.69 Å². The summed E-state index contributed by atoms with van der Waals surface area (Å²) in [5, 5.41) is 6.40. The lowest BCUT2D eigenvalue weighted by Gasteiger charge is -2.12. The number of carbonyl (C=O) groups is 1. The molecule has 0 aliphatic rings. The molecule has 2 rings (SSSR count). The normalized spacial score (nSPS) is 12.1. The average molecular weight is 293 g/mol. The van der Waals surface area contributed by atoms with E-state index in [2.05, 4.69) is 15.4 Å². The van der Waals surface area contributed by atoms with E-state index in [1.165, 1.54) is 36.6 Å². The van der Waals surface area contributed by atoms with Crippen LogP contribution in [0.1, 0.15) is 6.42 Å². The van der Waals surface area contributed by atoms with Gasteiger partial charge in [-0.3, -0.25) is 4.79 Å². The number of rotatable bonds is 6. The minimum Gasteiger partial charge on any atom is -0.385 e. The Bertz CT molecular complexity index is 603. The molecule has 1 aromatic carbocycles. The van der Waals surface area contributed by atoms with Crippen LogP contribution in [-0.4, -0.2) is 40.4 Å². The van der Waals surface area contributed by atoms with Crippen LogP contribution >= 0.6 is 0 Å². The van der Waals surface area contributed by atoms with Crippen molar-refractivity contribution in [2.75, 3.05) is 19.0 Å². The van der Waals surface area contributed by atoms with E-state index in [0.29, 0.717) is 18.7 Å². The van der Waals surface area contributed by atoms with Crippen LogP contribution in [0.15, 0.2) is 30.9 Å². The molecular formula is C13H16FN5O2. The van der Waals surface area contributed by atoms with E-state index in [1.54, 1.807) is 6.07 Å². The van der Waals surface area contributed by atoms with Crippen molar-refractivity contribution >= 4 is 11.6 Å². The molecule has 1 unspecified atom stereocenters. The molecule has 0 bridgehead atoms. The molecule has 0 fully saturated rings. The summed E-state index contributed by atoms with van der Waals surface area (Å²) in [5.74, 6) is -0.913. The maximum Gasteiger partial charge on any atom is 0.241 e. The molecule has 0 spiro atoms. The van der Waals surface area contributed by atoms with Crippen LogP contribution in [0, 0.1) is 5.82 Å². The first-order valence-electron chi connectivity index (χ1n) is 6.31. The van der Waals surface area contributed by atoms with Gasteiger partial charge in [0.2, 0.25) is 5.91 Å². The van der Waals surface area contributed by atoms with Crippen LogP contribution in [-0.2, 0) is 9.53 Å². The number of nitrogens with two attached hydrogens (primary N) is 1. The number of carbonyl (C=O) groups excluding carboxylic acids is 1. The van der Waals surface area contributed by atoms with E-state index in [9.17, 15) is 9.18 Å². The van der Waals surface area contributed by atoms with E-state index in [0.717, 1.165) is 0 Å². The zero-order chi connectivity index (χ0) is 15.2. The van der Waals surface area contributed by atoms with Gasteiger partial charge in [-0.05, 0) is 24.6 Å². The molecule has 2 aromatic rings. The predicted molar refractivity (Wildman–Crippen MR) is 74.4 cm³/mol. The molecule has 21 heavy (non-hydrogen) atoms. The van der Waals surface area contributed by atoms with Gasteiger partial charge in [-0.25, -0.2) is 14.1 Å². The third kappa shape index (κ3) is 3.83. The lowest BCUT2D eigenvalue weighted by molar-refractivity contribution is -0.117. The number of ether oxygens (including phenoxy) is 1. The summed E-state index contributed by atoms with van der Waals surface area (Å²) < 4.78 is 20.1. The predicted octanol–water partition coefficient (Wildman–Crippen LogP) is 0.709. The second-order valence-electron chi connectivity index (χ2n) is 4.38. The van der Waals surface area contributed by atoms with Crippen LogP contribution in [0.3, 0.4) is 0 Å². The minimum absolute atomic E-state index is 0.245. The summed E-state index contributed by atoms with van der Waals surface area (Å²) in [7, 11) is 1.53. The molecule has 8 heteroatoms. The maximum absolute atomic E-state index is 14.0. The fourth-order valence-electron chi connectivity index (χ4n) is 1.71.